The molecule has 1 atom stereocenters. The van der Waals surface area contributed by atoms with Crippen LogP contribution in [0.25, 0.3) is 0 Å². The van der Waals surface area contributed by atoms with Crippen LogP contribution in [0.3, 0.4) is 0 Å². The zero-order valence-corrected chi connectivity index (χ0v) is 20.9. The molecule has 0 saturated carbocycles. The molecule has 2 rings (SSSR count). The Balaban J connectivity index is 1.83. The standard InChI is InChI=1S/C25H34Cl2N4O2/c1-3-5-13-25(4-2,18-29-24(33)31-22-12-7-10-20(27)17-22)14-8-15-28-23(32)30-21-11-6-9-19(26)16-21/h6-7,9-12,16-17H,3-5,8,13-15,18H2,1-2H3,(H2,28,30,32)(H2,29,31,33)/t25-/m0/s1. The van der Waals surface area contributed by atoms with Gasteiger partial charge in [0.1, 0.15) is 0 Å². The van der Waals surface area contributed by atoms with E-state index in [2.05, 4.69) is 35.1 Å². The van der Waals surface area contributed by atoms with Gasteiger partial charge in [-0.05, 0) is 67.5 Å². The fourth-order valence-corrected chi connectivity index (χ4v) is 4.13. The van der Waals surface area contributed by atoms with E-state index in [0.717, 1.165) is 38.5 Å². The van der Waals surface area contributed by atoms with Gasteiger partial charge < -0.3 is 21.3 Å². The highest BCUT2D eigenvalue weighted by Crippen LogP contribution is 2.33. The van der Waals surface area contributed by atoms with Crippen molar-refractivity contribution in [3.05, 3.63) is 58.6 Å². The molecule has 0 aliphatic carbocycles. The van der Waals surface area contributed by atoms with Crippen LogP contribution in [0, 0.1) is 5.41 Å². The average Bonchev–Trinajstić information content (AvgIpc) is 2.78. The molecular formula is C25H34Cl2N4O2. The highest BCUT2D eigenvalue weighted by atomic mass is 35.5. The Kier molecular flexibility index (Phi) is 11.3. The lowest BCUT2D eigenvalue weighted by Crippen LogP contribution is -2.40. The molecule has 6 nitrogen and oxygen atoms in total. The first kappa shape index (κ1) is 26.8. The van der Waals surface area contributed by atoms with E-state index in [1.54, 1.807) is 48.5 Å². The lowest BCUT2D eigenvalue weighted by molar-refractivity contribution is 0.202. The molecule has 0 aliphatic rings. The Morgan fingerprint density at radius 3 is 1.88 bits per heavy atom. The molecule has 2 aromatic carbocycles. The molecule has 180 valence electrons. The van der Waals surface area contributed by atoms with Crippen LogP contribution in [0.5, 0.6) is 0 Å². The normalized spacial score (nSPS) is 12.5. The van der Waals surface area contributed by atoms with E-state index in [1.165, 1.54) is 0 Å². The van der Waals surface area contributed by atoms with Crippen LogP contribution in [0.15, 0.2) is 48.5 Å². The van der Waals surface area contributed by atoms with Gasteiger partial charge in [-0.1, -0.05) is 62.0 Å². The van der Waals surface area contributed by atoms with Crippen LogP contribution >= 0.6 is 23.2 Å². The van der Waals surface area contributed by atoms with Gasteiger partial charge in [-0.15, -0.1) is 0 Å². The maximum atomic E-state index is 12.4. The van der Waals surface area contributed by atoms with E-state index in [9.17, 15) is 9.59 Å². The lowest BCUT2D eigenvalue weighted by atomic mass is 9.76. The van der Waals surface area contributed by atoms with Crippen molar-refractivity contribution in [2.75, 3.05) is 23.7 Å². The van der Waals surface area contributed by atoms with Crippen molar-refractivity contribution in [2.45, 2.75) is 52.4 Å². The van der Waals surface area contributed by atoms with Crippen LogP contribution in [0.1, 0.15) is 52.4 Å². The van der Waals surface area contributed by atoms with Crippen LogP contribution in [0.4, 0.5) is 21.0 Å². The number of rotatable bonds is 12. The Morgan fingerprint density at radius 2 is 1.36 bits per heavy atom. The van der Waals surface area contributed by atoms with Crippen molar-refractivity contribution < 1.29 is 9.59 Å². The van der Waals surface area contributed by atoms with Crippen molar-refractivity contribution in [3.8, 4) is 0 Å². The van der Waals surface area contributed by atoms with Crippen molar-refractivity contribution >= 4 is 46.6 Å². The van der Waals surface area contributed by atoms with Gasteiger partial charge >= 0.3 is 12.1 Å². The van der Waals surface area contributed by atoms with Crippen LogP contribution < -0.4 is 21.3 Å². The Bertz CT molecular complexity index is 909. The summed E-state index contributed by atoms with van der Waals surface area (Å²) in [7, 11) is 0. The van der Waals surface area contributed by atoms with E-state index >= 15 is 0 Å². The quantitative estimate of drug-likeness (QED) is 0.234. The molecule has 0 saturated heterocycles. The molecule has 4 amide bonds. The monoisotopic (exact) mass is 492 g/mol. The first-order valence-corrected chi connectivity index (χ1v) is 12.2. The van der Waals surface area contributed by atoms with Gasteiger partial charge in [-0.2, -0.15) is 0 Å². The van der Waals surface area contributed by atoms with Crippen LogP contribution in [-0.2, 0) is 0 Å². The van der Waals surface area contributed by atoms with Gasteiger partial charge in [0.2, 0.25) is 0 Å². The largest absolute Gasteiger partial charge is 0.338 e. The Labute approximate surface area is 206 Å². The molecule has 0 heterocycles. The second kappa shape index (κ2) is 14.0. The van der Waals surface area contributed by atoms with E-state index in [4.69, 9.17) is 23.2 Å². The molecule has 0 aliphatic heterocycles. The molecule has 0 radical (unpaired) electrons. The minimum Gasteiger partial charge on any atom is -0.338 e. The van der Waals surface area contributed by atoms with Crippen LogP contribution in [-0.4, -0.2) is 25.2 Å². The fourth-order valence-electron chi connectivity index (χ4n) is 3.75. The Morgan fingerprint density at radius 1 is 0.818 bits per heavy atom. The summed E-state index contributed by atoms with van der Waals surface area (Å²) in [6.07, 6.45) is 5.87. The maximum absolute atomic E-state index is 12.4. The Hall–Kier alpha value is -2.44. The average molecular weight is 493 g/mol. The van der Waals surface area contributed by atoms with Crippen LogP contribution in [0.2, 0.25) is 10.0 Å². The van der Waals surface area contributed by atoms with Crippen molar-refractivity contribution in [2.24, 2.45) is 5.41 Å². The number of nitrogens with one attached hydrogen (secondary N) is 4. The summed E-state index contributed by atoms with van der Waals surface area (Å²) in [6, 6.07) is 13.6. The summed E-state index contributed by atoms with van der Waals surface area (Å²) in [4.78, 5) is 24.6. The van der Waals surface area contributed by atoms with Crippen molar-refractivity contribution in [3.63, 3.8) is 0 Å². The van der Waals surface area contributed by atoms with Gasteiger partial charge in [0, 0.05) is 34.5 Å². The zero-order chi connectivity index (χ0) is 24.1. The summed E-state index contributed by atoms with van der Waals surface area (Å²) in [5.74, 6) is 0. The summed E-state index contributed by atoms with van der Waals surface area (Å²) in [6.45, 7) is 5.45. The number of hydrogen-bond donors (Lipinski definition) is 4. The number of carbonyl (C=O) groups is 2. The fraction of sp³-hybridized carbons (Fsp3) is 0.440. The predicted octanol–water partition coefficient (Wildman–Crippen LogP) is 7.30. The third kappa shape index (κ3) is 9.93. The van der Waals surface area contributed by atoms with E-state index in [0.29, 0.717) is 34.5 Å². The van der Waals surface area contributed by atoms with Gasteiger partial charge in [0.25, 0.3) is 0 Å². The van der Waals surface area contributed by atoms with Crippen molar-refractivity contribution in [1.29, 1.82) is 0 Å². The third-order valence-corrected chi connectivity index (χ3v) is 6.24. The molecule has 0 unspecified atom stereocenters. The number of urea groups is 2. The molecule has 0 fully saturated rings. The maximum Gasteiger partial charge on any atom is 0.319 e. The second-order valence-corrected chi connectivity index (χ2v) is 9.14. The van der Waals surface area contributed by atoms with E-state index in [-0.39, 0.29) is 17.5 Å². The van der Waals surface area contributed by atoms with E-state index < -0.39 is 0 Å². The molecule has 2 aromatic rings. The first-order valence-electron chi connectivity index (χ1n) is 11.5. The second-order valence-electron chi connectivity index (χ2n) is 8.27. The summed E-state index contributed by atoms with van der Waals surface area (Å²) < 4.78 is 0. The lowest BCUT2D eigenvalue weighted by Gasteiger charge is -2.33. The van der Waals surface area contributed by atoms with Gasteiger partial charge in [0.05, 0.1) is 0 Å². The van der Waals surface area contributed by atoms with E-state index in [1.807, 2.05) is 0 Å². The number of anilines is 2. The molecule has 33 heavy (non-hydrogen) atoms. The number of amides is 4. The molecule has 4 N–H and O–H groups in total. The molecule has 0 spiro atoms. The summed E-state index contributed by atoms with van der Waals surface area (Å²) in [5.41, 5.74) is 1.29. The van der Waals surface area contributed by atoms with Gasteiger partial charge in [-0.3, -0.25) is 0 Å². The highest BCUT2D eigenvalue weighted by Gasteiger charge is 2.27. The predicted molar refractivity (Wildman–Crippen MR) is 138 cm³/mol. The summed E-state index contributed by atoms with van der Waals surface area (Å²) in [5, 5.41) is 12.7. The third-order valence-electron chi connectivity index (χ3n) is 5.77. The summed E-state index contributed by atoms with van der Waals surface area (Å²) >= 11 is 11.9. The highest BCUT2D eigenvalue weighted by molar-refractivity contribution is 6.31. The first-order chi connectivity index (χ1) is 15.9. The number of halogens is 2. The molecule has 8 heteroatoms. The number of hydrogen-bond acceptors (Lipinski definition) is 2. The minimum absolute atomic E-state index is 0.0210. The number of benzene rings is 2. The topological polar surface area (TPSA) is 82.3 Å². The number of carbonyl (C=O) groups excluding carboxylic acids is 2. The molecule has 0 bridgehead atoms. The van der Waals surface area contributed by atoms with Gasteiger partial charge in [0.15, 0.2) is 0 Å². The SMILES string of the molecule is CCCC[C@@](CC)(CCCNC(=O)Nc1cccc(Cl)c1)CNC(=O)Nc1cccc(Cl)c1. The molecular weight excluding hydrogens is 459 g/mol. The van der Waals surface area contributed by atoms with Crippen molar-refractivity contribution in [1.82, 2.24) is 10.6 Å². The minimum atomic E-state index is -0.257. The zero-order valence-electron chi connectivity index (χ0n) is 19.3. The smallest absolute Gasteiger partial charge is 0.319 e. The number of unbranched alkanes of at least 4 members (excludes halogenated alkanes) is 1. The molecule has 0 aromatic heterocycles. The van der Waals surface area contributed by atoms with Gasteiger partial charge in [-0.25, -0.2) is 9.59 Å².